The molecule has 3 rings (SSSR count). The van der Waals surface area contributed by atoms with Crippen LogP contribution in [0.4, 0.5) is 5.82 Å². The number of unbranched alkanes of at least 4 members (excludes halogenated alkanes) is 1. The molecule has 5 heteroatoms. The van der Waals surface area contributed by atoms with Gasteiger partial charge in [0.25, 0.3) is 0 Å². The van der Waals surface area contributed by atoms with Crippen molar-refractivity contribution in [2.45, 2.75) is 44.8 Å². The van der Waals surface area contributed by atoms with Gasteiger partial charge in [-0.25, -0.2) is 9.98 Å². The molecule has 0 saturated carbocycles. The molecule has 0 radical (unpaired) electrons. The highest BCUT2D eigenvalue weighted by atomic mass is 32.2. The first kappa shape index (κ1) is 17.7. The summed E-state index contributed by atoms with van der Waals surface area (Å²) in [4.78, 5) is 21.0. The maximum Gasteiger partial charge on any atom is 0.239 e. The normalized spacial score (nSPS) is 18.6. The summed E-state index contributed by atoms with van der Waals surface area (Å²) in [5.41, 5.74) is 3.46. The van der Waals surface area contributed by atoms with Crippen LogP contribution in [-0.4, -0.2) is 21.3 Å². The van der Waals surface area contributed by atoms with Gasteiger partial charge >= 0.3 is 0 Å². The minimum absolute atomic E-state index is 0.0199. The molecule has 130 valence electrons. The van der Waals surface area contributed by atoms with Crippen LogP contribution in [0.5, 0.6) is 0 Å². The van der Waals surface area contributed by atoms with Crippen LogP contribution in [-0.2, 0) is 17.6 Å². The summed E-state index contributed by atoms with van der Waals surface area (Å²) >= 11 is 1.48. The van der Waals surface area contributed by atoms with Crippen LogP contribution in [0.3, 0.4) is 0 Å². The molecule has 2 heterocycles. The predicted octanol–water partition coefficient (Wildman–Crippen LogP) is 4.19. The number of aliphatic imine (C=N–C) groups is 1. The molecular formula is C20H23N3OS. The van der Waals surface area contributed by atoms with Gasteiger partial charge in [0.1, 0.15) is 0 Å². The second kappa shape index (κ2) is 8.30. The first-order valence-corrected chi connectivity index (χ1v) is 9.59. The number of aryl methyl sites for hydroxylation is 2. The smallest absolute Gasteiger partial charge is 0.239 e. The molecule has 1 N–H and O–H groups in total. The molecule has 2 aromatic rings. The second-order valence-corrected chi connectivity index (χ2v) is 7.47. The monoisotopic (exact) mass is 353 g/mol. The average Bonchev–Trinajstić information content (AvgIpc) is 2.93. The quantitative estimate of drug-likeness (QED) is 0.847. The summed E-state index contributed by atoms with van der Waals surface area (Å²) < 4.78 is 0. The van der Waals surface area contributed by atoms with Crippen LogP contribution < -0.4 is 5.32 Å². The number of hydrogen-bond donors (Lipinski definition) is 1. The number of rotatable bonds is 6. The van der Waals surface area contributed by atoms with Gasteiger partial charge < -0.3 is 5.32 Å². The van der Waals surface area contributed by atoms with Crippen molar-refractivity contribution in [1.29, 1.82) is 0 Å². The summed E-state index contributed by atoms with van der Waals surface area (Å²) in [5.74, 6) is 0.648. The van der Waals surface area contributed by atoms with E-state index in [0.29, 0.717) is 17.4 Å². The van der Waals surface area contributed by atoms with E-state index in [4.69, 9.17) is 0 Å². The number of amidine groups is 1. The van der Waals surface area contributed by atoms with E-state index in [2.05, 4.69) is 46.5 Å². The predicted molar refractivity (Wildman–Crippen MR) is 104 cm³/mol. The number of benzene rings is 1. The van der Waals surface area contributed by atoms with Crippen LogP contribution >= 0.6 is 11.8 Å². The van der Waals surface area contributed by atoms with Gasteiger partial charge in [0, 0.05) is 5.69 Å². The van der Waals surface area contributed by atoms with Gasteiger partial charge in [0.15, 0.2) is 11.0 Å². The lowest BCUT2D eigenvalue weighted by molar-refractivity contribution is -0.118. The van der Waals surface area contributed by atoms with Crippen LogP contribution in [0.15, 0.2) is 47.5 Å². The maximum absolute atomic E-state index is 12.2. The Hall–Kier alpha value is -2.14. The first-order chi connectivity index (χ1) is 12.1. The zero-order chi connectivity index (χ0) is 17.6. The van der Waals surface area contributed by atoms with E-state index in [-0.39, 0.29) is 11.2 Å². The van der Waals surface area contributed by atoms with Crippen LogP contribution in [0.25, 0.3) is 0 Å². The summed E-state index contributed by atoms with van der Waals surface area (Å²) in [6, 6.07) is 14.3. The van der Waals surface area contributed by atoms with E-state index < -0.39 is 0 Å². The second-order valence-electron chi connectivity index (χ2n) is 6.27. The number of nitrogens with zero attached hydrogens (tertiary/aromatic N) is 2. The molecule has 1 aromatic heterocycles. The third kappa shape index (κ3) is 4.92. The van der Waals surface area contributed by atoms with Crippen molar-refractivity contribution >= 4 is 28.7 Å². The van der Waals surface area contributed by atoms with Crippen molar-refractivity contribution in [3.8, 4) is 0 Å². The van der Waals surface area contributed by atoms with E-state index in [1.54, 1.807) is 0 Å². The molecule has 1 aliphatic rings. The molecule has 1 aliphatic heterocycles. The van der Waals surface area contributed by atoms with Gasteiger partial charge in [-0.1, -0.05) is 55.4 Å². The van der Waals surface area contributed by atoms with Crippen molar-refractivity contribution in [3.05, 3.63) is 59.3 Å². The summed E-state index contributed by atoms with van der Waals surface area (Å²) in [5, 5.41) is 3.36. The Bertz CT molecular complexity index is 771. The molecule has 0 spiro atoms. The molecule has 1 fully saturated rings. The number of pyridine rings is 1. The van der Waals surface area contributed by atoms with E-state index in [1.807, 2.05) is 25.1 Å². The summed E-state index contributed by atoms with van der Waals surface area (Å²) in [6.45, 7) is 4.13. The Morgan fingerprint density at radius 3 is 2.64 bits per heavy atom. The lowest BCUT2D eigenvalue weighted by atomic mass is 10.0. The number of thioether (sulfide) groups is 1. The molecule has 1 unspecified atom stereocenters. The largest absolute Gasteiger partial charge is 0.304 e. The lowest BCUT2D eigenvalue weighted by Crippen LogP contribution is -2.26. The van der Waals surface area contributed by atoms with Crippen molar-refractivity contribution in [1.82, 2.24) is 10.3 Å². The number of carbonyl (C=O) groups excluding carboxylic acids is 1. The Kier molecular flexibility index (Phi) is 5.87. The number of hydrogen-bond acceptors (Lipinski definition) is 4. The Morgan fingerprint density at radius 2 is 1.92 bits per heavy atom. The zero-order valence-corrected chi connectivity index (χ0v) is 15.5. The topological polar surface area (TPSA) is 54.4 Å². The third-order valence-corrected chi connectivity index (χ3v) is 5.21. The first-order valence-electron chi connectivity index (χ1n) is 8.71. The lowest BCUT2D eigenvalue weighted by Gasteiger charge is -2.07. The van der Waals surface area contributed by atoms with Crippen LogP contribution in [0.2, 0.25) is 0 Å². The molecule has 1 saturated heterocycles. The minimum Gasteiger partial charge on any atom is -0.304 e. The van der Waals surface area contributed by atoms with Gasteiger partial charge in [0.05, 0.1) is 5.25 Å². The minimum atomic E-state index is -0.134. The standard InChI is InChI=1S/C20H23N3OS/c1-3-4-7-15-9-11-16(12-10-15)13-17-19(24)23-20(25-17)22-18-8-5-6-14(2)21-18/h5-6,8-12,17H,3-4,7,13H2,1-2H3,(H,21,22,23,24). The van der Waals surface area contributed by atoms with Crippen LogP contribution in [0.1, 0.15) is 36.6 Å². The van der Waals surface area contributed by atoms with Gasteiger partial charge in [-0.05, 0) is 49.4 Å². The van der Waals surface area contributed by atoms with Gasteiger partial charge in [-0.15, -0.1) is 0 Å². The van der Waals surface area contributed by atoms with E-state index in [1.165, 1.54) is 35.7 Å². The zero-order valence-electron chi connectivity index (χ0n) is 14.7. The highest BCUT2D eigenvalue weighted by Crippen LogP contribution is 2.25. The maximum atomic E-state index is 12.2. The highest BCUT2D eigenvalue weighted by molar-refractivity contribution is 8.15. The van der Waals surface area contributed by atoms with Gasteiger partial charge in [-0.3, -0.25) is 4.79 Å². The number of amides is 1. The van der Waals surface area contributed by atoms with Crippen LogP contribution in [0, 0.1) is 6.92 Å². The molecule has 4 nitrogen and oxygen atoms in total. The number of carbonyl (C=O) groups is 1. The fraction of sp³-hybridized carbons (Fsp3) is 0.350. The average molecular weight is 353 g/mol. The fourth-order valence-electron chi connectivity index (χ4n) is 2.72. The van der Waals surface area contributed by atoms with E-state index >= 15 is 0 Å². The van der Waals surface area contributed by atoms with E-state index in [9.17, 15) is 4.79 Å². The Labute approximate surface area is 153 Å². The highest BCUT2D eigenvalue weighted by Gasteiger charge is 2.30. The van der Waals surface area contributed by atoms with Crippen molar-refractivity contribution < 1.29 is 4.79 Å². The third-order valence-electron chi connectivity index (χ3n) is 4.13. The fourth-order valence-corrected chi connectivity index (χ4v) is 3.74. The Balaban J connectivity index is 1.63. The molecule has 0 bridgehead atoms. The van der Waals surface area contributed by atoms with Crippen molar-refractivity contribution in [3.63, 3.8) is 0 Å². The molecule has 1 atom stereocenters. The van der Waals surface area contributed by atoms with Crippen molar-refractivity contribution in [2.24, 2.45) is 4.99 Å². The van der Waals surface area contributed by atoms with Gasteiger partial charge in [0.2, 0.25) is 5.91 Å². The summed E-state index contributed by atoms with van der Waals surface area (Å²) in [7, 11) is 0. The SMILES string of the molecule is CCCCc1ccc(CC2SC(=Nc3cccc(C)n3)NC2=O)cc1. The van der Waals surface area contributed by atoms with Crippen molar-refractivity contribution in [2.75, 3.05) is 0 Å². The molecule has 0 aliphatic carbocycles. The Morgan fingerprint density at radius 1 is 1.16 bits per heavy atom. The van der Waals surface area contributed by atoms with E-state index in [0.717, 1.165) is 12.1 Å². The molecular weight excluding hydrogens is 330 g/mol. The molecule has 25 heavy (non-hydrogen) atoms. The van der Waals surface area contributed by atoms with Gasteiger partial charge in [-0.2, -0.15) is 0 Å². The number of nitrogens with one attached hydrogen (secondary N) is 1. The summed E-state index contributed by atoms with van der Waals surface area (Å²) in [6.07, 6.45) is 4.26. The molecule has 1 aromatic carbocycles. The number of aromatic nitrogens is 1. The molecule has 1 amide bonds.